The molecule has 0 saturated carbocycles. The third-order valence-electron chi connectivity index (χ3n) is 5.49. The van der Waals surface area contributed by atoms with Gasteiger partial charge in [-0.05, 0) is 12.8 Å². The molecule has 0 heterocycles. The lowest BCUT2D eigenvalue weighted by Gasteiger charge is -2.04. The molecule has 0 spiro atoms. The number of ether oxygens (including phenoxy) is 1. The minimum atomic E-state index is 0.944. The molecule has 0 aromatic rings. The maximum absolute atomic E-state index is 5.52. The standard InChI is InChI=1S/C25H52O/c1-3-5-6-7-8-9-10-11-12-13-14-15-16-17-18-19-20-21-22-23-25-26-24-4-2/h3-25H2,1-2H3. The zero-order chi connectivity index (χ0) is 19.0. The molecule has 0 rings (SSSR count). The molecule has 26 heavy (non-hydrogen) atoms. The van der Waals surface area contributed by atoms with Gasteiger partial charge >= 0.3 is 0 Å². The Morgan fingerprint density at radius 1 is 0.308 bits per heavy atom. The van der Waals surface area contributed by atoms with E-state index in [9.17, 15) is 0 Å². The first-order chi connectivity index (χ1) is 12.9. The molecule has 0 atom stereocenters. The number of hydrogen-bond donors (Lipinski definition) is 0. The van der Waals surface area contributed by atoms with Crippen LogP contribution in [0.2, 0.25) is 0 Å². The van der Waals surface area contributed by atoms with E-state index in [1.54, 1.807) is 0 Å². The van der Waals surface area contributed by atoms with Crippen molar-refractivity contribution in [2.45, 2.75) is 149 Å². The molecule has 0 aromatic carbocycles. The minimum absolute atomic E-state index is 0.944. The lowest BCUT2D eigenvalue weighted by molar-refractivity contribution is 0.130. The van der Waals surface area contributed by atoms with Crippen LogP contribution in [0.5, 0.6) is 0 Å². The van der Waals surface area contributed by atoms with E-state index < -0.39 is 0 Å². The van der Waals surface area contributed by atoms with Gasteiger partial charge in [0.15, 0.2) is 0 Å². The molecule has 1 heteroatoms. The number of unbranched alkanes of at least 4 members (excludes halogenated alkanes) is 19. The van der Waals surface area contributed by atoms with Gasteiger partial charge in [0, 0.05) is 13.2 Å². The van der Waals surface area contributed by atoms with Crippen molar-refractivity contribution in [3.8, 4) is 0 Å². The van der Waals surface area contributed by atoms with Gasteiger partial charge in [0.2, 0.25) is 0 Å². The quantitative estimate of drug-likeness (QED) is 0.163. The molecule has 0 fully saturated rings. The van der Waals surface area contributed by atoms with Gasteiger partial charge in [-0.25, -0.2) is 0 Å². The first kappa shape index (κ1) is 26.0. The fraction of sp³-hybridized carbons (Fsp3) is 1.00. The topological polar surface area (TPSA) is 9.23 Å². The summed E-state index contributed by atoms with van der Waals surface area (Å²) in [5.41, 5.74) is 0. The second-order valence-corrected chi connectivity index (χ2v) is 8.33. The van der Waals surface area contributed by atoms with E-state index in [0.29, 0.717) is 0 Å². The first-order valence-electron chi connectivity index (χ1n) is 12.5. The van der Waals surface area contributed by atoms with Gasteiger partial charge < -0.3 is 4.74 Å². The molecule has 0 aliphatic carbocycles. The average Bonchev–Trinajstić information content (AvgIpc) is 2.66. The van der Waals surface area contributed by atoms with E-state index in [1.165, 1.54) is 128 Å². The Kier molecular flexibility index (Phi) is 24.9. The lowest BCUT2D eigenvalue weighted by atomic mass is 10.0. The van der Waals surface area contributed by atoms with Gasteiger partial charge in [-0.1, -0.05) is 136 Å². The van der Waals surface area contributed by atoms with E-state index in [2.05, 4.69) is 13.8 Å². The lowest BCUT2D eigenvalue weighted by Crippen LogP contribution is -1.95. The van der Waals surface area contributed by atoms with Crippen LogP contribution in [0.4, 0.5) is 0 Å². The van der Waals surface area contributed by atoms with Crippen molar-refractivity contribution in [3.63, 3.8) is 0 Å². The smallest absolute Gasteiger partial charge is 0.0466 e. The summed E-state index contributed by atoms with van der Waals surface area (Å²) >= 11 is 0. The first-order valence-corrected chi connectivity index (χ1v) is 12.5. The predicted octanol–water partition coefficient (Wildman–Crippen LogP) is 9.23. The largest absolute Gasteiger partial charge is 0.381 e. The Labute approximate surface area is 167 Å². The maximum Gasteiger partial charge on any atom is 0.0466 e. The van der Waals surface area contributed by atoms with E-state index in [0.717, 1.165) is 19.6 Å². The van der Waals surface area contributed by atoms with Gasteiger partial charge in [0.05, 0.1) is 0 Å². The Morgan fingerprint density at radius 3 is 0.923 bits per heavy atom. The Balaban J connectivity index is 2.95. The van der Waals surface area contributed by atoms with Crippen LogP contribution in [0.3, 0.4) is 0 Å². The molecule has 0 amide bonds. The van der Waals surface area contributed by atoms with Crippen LogP contribution in [0.1, 0.15) is 149 Å². The minimum Gasteiger partial charge on any atom is -0.381 e. The summed E-state index contributed by atoms with van der Waals surface area (Å²) in [6.07, 6.45) is 30.1. The summed E-state index contributed by atoms with van der Waals surface area (Å²) in [4.78, 5) is 0. The highest BCUT2D eigenvalue weighted by Crippen LogP contribution is 2.14. The molecule has 0 bridgehead atoms. The van der Waals surface area contributed by atoms with Crippen LogP contribution < -0.4 is 0 Å². The molecular weight excluding hydrogens is 316 g/mol. The molecule has 0 unspecified atom stereocenters. The molecule has 0 radical (unpaired) electrons. The van der Waals surface area contributed by atoms with Crippen molar-refractivity contribution in [1.29, 1.82) is 0 Å². The fourth-order valence-electron chi connectivity index (χ4n) is 3.71. The van der Waals surface area contributed by atoms with Gasteiger partial charge in [0.25, 0.3) is 0 Å². The summed E-state index contributed by atoms with van der Waals surface area (Å²) in [7, 11) is 0. The normalized spacial score (nSPS) is 11.3. The van der Waals surface area contributed by atoms with Crippen LogP contribution in [-0.2, 0) is 4.74 Å². The summed E-state index contributed by atoms with van der Waals surface area (Å²) in [6, 6.07) is 0. The Bertz CT molecular complexity index is 202. The van der Waals surface area contributed by atoms with Crippen molar-refractivity contribution in [1.82, 2.24) is 0 Å². The molecule has 158 valence electrons. The van der Waals surface area contributed by atoms with Crippen molar-refractivity contribution in [2.24, 2.45) is 0 Å². The van der Waals surface area contributed by atoms with Crippen LogP contribution in [0.25, 0.3) is 0 Å². The second kappa shape index (κ2) is 25.0. The number of rotatable bonds is 23. The van der Waals surface area contributed by atoms with Crippen LogP contribution >= 0.6 is 0 Å². The van der Waals surface area contributed by atoms with Crippen molar-refractivity contribution >= 4 is 0 Å². The van der Waals surface area contributed by atoms with Gasteiger partial charge in [-0.15, -0.1) is 0 Å². The molecule has 0 aliphatic rings. The highest BCUT2D eigenvalue weighted by atomic mass is 16.5. The van der Waals surface area contributed by atoms with Crippen molar-refractivity contribution in [2.75, 3.05) is 13.2 Å². The van der Waals surface area contributed by atoms with Crippen molar-refractivity contribution < 1.29 is 4.74 Å². The zero-order valence-corrected chi connectivity index (χ0v) is 18.7. The van der Waals surface area contributed by atoms with Gasteiger partial charge in [-0.2, -0.15) is 0 Å². The van der Waals surface area contributed by atoms with Gasteiger partial charge in [-0.3, -0.25) is 0 Å². The maximum atomic E-state index is 5.52. The van der Waals surface area contributed by atoms with Crippen LogP contribution in [0.15, 0.2) is 0 Å². The van der Waals surface area contributed by atoms with Crippen LogP contribution in [-0.4, -0.2) is 13.2 Å². The summed E-state index contributed by atoms with van der Waals surface area (Å²) in [5.74, 6) is 0. The third kappa shape index (κ3) is 24.0. The Hall–Kier alpha value is -0.0400. The molecule has 0 N–H and O–H groups in total. The SMILES string of the molecule is CCCCCCCCCCCCCCCCCCCCCCOCCC. The summed E-state index contributed by atoms with van der Waals surface area (Å²) in [5, 5.41) is 0. The highest BCUT2D eigenvalue weighted by Gasteiger charge is 1.95. The molecular formula is C25H52O. The molecule has 0 aromatic heterocycles. The summed E-state index contributed by atoms with van der Waals surface area (Å²) in [6.45, 7) is 6.40. The van der Waals surface area contributed by atoms with Crippen molar-refractivity contribution in [3.05, 3.63) is 0 Å². The summed E-state index contributed by atoms with van der Waals surface area (Å²) < 4.78 is 5.52. The van der Waals surface area contributed by atoms with E-state index >= 15 is 0 Å². The van der Waals surface area contributed by atoms with E-state index in [1.807, 2.05) is 0 Å². The fourth-order valence-corrected chi connectivity index (χ4v) is 3.71. The highest BCUT2D eigenvalue weighted by molar-refractivity contribution is 4.50. The van der Waals surface area contributed by atoms with Crippen LogP contribution in [0, 0.1) is 0 Å². The van der Waals surface area contributed by atoms with E-state index in [4.69, 9.17) is 4.74 Å². The zero-order valence-electron chi connectivity index (χ0n) is 18.7. The third-order valence-corrected chi connectivity index (χ3v) is 5.49. The monoisotopic (exact) mass is 368 g/mol. The average molecular weight is 369 g/mol. The van der Waals surface area contributed by atoms with Gasteiger partial charge in [0.1, 0.15) is 0 Å². The number of hydrogen-bond acceptors (Lipinski definition) is 1. The molecule has 0 aliphatic heterocycles. The second-order valence-electron chi connectivity index (χ2n) is 8.33. The predicted molar refractivity (Wildman–Crippen MR) is 119 cm³/mol. The molecule has 0 saturated heterocycles. The van der Waals surface area contributed by atoms with E-state index in [-0.39, 0.29) is 0 Å². The Morgan fingerprint density at radius 2 is 0.615 bits per heavy atom. The molecule has 1 nitrogen and oxygen atoms in total.